The molecule has 1 amide bonds. The van der Waals surface area contributed by atoms with Crippen molar-refractivity contribution in [2.75, 3.05) is 11.5 Å². The molecule has 0 heterocycles. The monoisotopic (exact) mass is 304 g/mol. The predicted molar refractivity (Wildman–Crippen MR) is 74.5 cm³/mol. The molecule has 2 unspecified atom stereocenters. The highest BCUT2D eigenvalue weighted by Crippen LogP contribution is 2.20. The van der Waals surface area contributed by atoms with Crippen LogP contribution in [0.1, 0.15) is 20.8 Å². The molecule has 0 aliphatic carbocycles. The van der Waals surface area contributed by atoms with Crippen LogP contribution < -0.4 is 11.1 Å². The number of rotatable bonds is 5. The van der Waals surface area contributed by atoms with Crippen molar-refractivity contribution in [2.45, 2.75) is 31.7 Å². The van der Waals surface area contributed by atoms with Crippen LogP contribution in [0, 0.1) is 17.6 Å². The van der Waals surface area contributed by atoms with E-state index in [1.807, 2.05) is 13.8 Å². The van der Waals surface area contributed by atoms with Gasteiger partial charge in [-0.3, -0.25) is 9.00 Å². The fourth-order valence-corrected chi connectivity index (χ4v) is 2.47. The minimum atomic E-state index is -2.09. The number of hydrogen-bond acceptors (Lipinski definition) is 3. The van der Waals surface area contributed by atoms with Gasteiger partial charge in [0.15, 0.2) is 0 Å². The van der Waals surface area contributed by atoms with E-state index in [4.69, 9.17) is 5.73 Å². The van der Waals surface area contributed by atoms with Crippen LogP contribution in [0.15, 0.2) is 17.0 Å². The second-order valence-corrected chi connectivity index (χ2v) is 6.29. The van der Waals surface area contributed by atoms with E-state index in [0.29, 0.717) is 0 Å². The van der Waals surface area contributed by atoms with Crippen molar-refractivity contribution in [2.24, 2.45) is 5.92 Å². The molecule has 3 N–H and O–H groups in total. The van der Waals surface area contributed by atoms with E-state index in [2.05, 4.69) is 5.32 Å². The van der Waals surface area contributed by atoms with Gasteiger partial charge >= 0.3 is 0 Å². The largest absolute Gasteiger partial charge is 0.399 e. The molecular weight excluding hydrogens is 286 g/mol. The maximum Gasteiger partial charge on any atom is 0.233 e. The van der Waals surface area contributed by atoms with Crippen molar-refractivity contribution in [3.8, 4) is 0 Å². The molecule has 1 rings (SSSR count). The zero-order valence-electron chi connectivity index (χ0n) is 11.6. The van der Waals surface area contributed by atoms with Gasteiger partial charge in [0.1, 0.15) is 22.3 Å². The van der Waals surface area contributed by atoms with E-state index < -0.39 is 39.0 Å². The molecule has 0 saturated carbocycles. The quantitative estimate of drug-likeness (QED) is 0.815. The zero-order valence-corrected chi connectivity index (χ0v) is 12.4. The Labute approximate surface area is 119 Å². The standard InChI is InChI=1S/C13H18F2N2O2S/c1-7(2)8(3)17-12(18)6-20(19)13-10(14)4-9(16)5-11(13)15/h4-5,7-8H,6,16H2,1-3H3,(H,17,18). The molecule has 0 radical (unpaired) electrons. The summed E-state index contributed by atoms with van der Waals surface area (Å²) in [4.78, 5) is 11.0. The van der Waals surface area contributed by atoms with Crippen LogP contribution in [0.25, 0.3) is 0 Å². The number of carbonyl (C=O) groups is 1. The summed E-state index contributed by atoms with van der Waals surface area (Å²) in [5, 5.41) is 2.63. The van der Waals surface area contributed by atoms with Gasteiger partial charge in [-0.25, -0.2) is 8.78 Å². The van der Waals surface area contributed by atoms with Gasteiger partial charge < -0.3 is 11.1 Å². The Kier molecular flexibility index (Phi) is 5.62. The summed E-state index contributed by atoms with van der Waals surface area (Å²) < 4.78 is 39.0. The molecule has 4 nitrogen and oxygen atoms in total. The van der Waals surface area contributed by atoms with Crippen molar-refractivity contribution in [3.05, 3.63) is 23.8 Å². The van der Waals surface area contributed by atoms with Crippen LogP contribution in [0.4, 0.5) is 14.5 Å². The highest BCUT2D eigenvalue weighted by Gasteiger charge is 2.20. The number of nitrogen functional groups attached to an aromatic ring is 1. The maximum absolute atomic E-state index is 13.6. The van der Waals surface area contributed by atoms with Crippen LogP contribution in [-0.4, -0.2) is 21.9 Å². The zero-order chi connectivity index (χ0) is 15.4. The third-order valence-corrected chi connectivity index (χ3v) is 4.27. The molecule has 0 bridgehead atoms. The lowest BCUT2D eigenvalue weighted by atomic mass is 10.1. The van der Waals surface area contributed by atoms with Gasteiger partial charge in [0.25, 0.3) is 0 Å². The van der Waals surface area contributed by atoms with Crippen molar-refractivity contribution < 1.29 is 17.8 Å². The number of carbonyl (C=O) groups excluding carboxylic acids is 1. The van der Waals surface area contributed by atoms with Gasteiger partial charge in [0.05, 0.1) is 10.8 Å². The van der Waals surface area contributed by atoms with Gasteiger partial charge in [-0.2, -0.15) is 0 Å². The van der Waals surface area contributed by atoms with Crippen LogP contribution in [0.3, 0.4) is 0 Å². The smallest absolute Gasteiger partial charge is 0.233 e. The summed E-state index contributed by atoms with van der Waals surface area (Å²) in [5.41, 5.74) is 5.17. The number of amides is 1. The maximum atomic E-state index is 13.6. The Balaban J connectivity index is 2.80. The lowest BCUT2D eigenvalue weighted by molar-refractivity contribution is -0.119. The Morgan fingerprint density at radius 1 is 1.30 bits per heavy atom. The van der Waals surface area contributed by atoms with E-state index in [-0.39, 0.29) is 17.6 Å². The summed E-state index contributed by atoms with van der Waals surface area (Å²) in [6.45, 7) is 5.64. The van der Waals surface area contributed by atoms with Gasteiger partial charge in [-0.15, -0.1) is 0 Å². The highest BCUT2D eigenvalue weighted by molar-refractivity contribution is 7.85. The summed E-state index contributed by atoms with van der Waals surface area (Å²) in [6, 6.07) is 1.65. The summed E-state index contributed by atoms with van der Waals surface area (Å²) in [6.07, 6.45) is 0. The van der Waals surface area contributed by atoms with E-state index >= 15 is 0 Å². The van der Waals surface area contributed by atoms with Crippen LogP contribution in [0.2, 0.25) is 0 Å². The molecule has 0 aliphatic rings. The molecule has 0 saturated heterocycles. The Bertz CT molecular complexity index is 512. The first kappa shape index (κ1) is 16.6. The summed E-state index contributed by atoms with van der Waals surface area (Å²) >= 11 is 0. The lowest BCUT2D eigenvalue weighted by Crippen LogP contribution is -2.38. The summed E-state index contributed by atoms with van der Waals surface area (Å²) in [5.74, 6) is -2.82. The average Bonchev–Trinajstić information content (AvgIpc) is 2.26. The molecule has 0 spiro atoms. The summed E-state index contributed by atoms with van der Waals surface area (Å²) in [7, 11) is -2.09. The average molecular weight is 304 g/mol. The molecule has 0 aromatic heterocycles. The van der Waals surface area contributed by atoms with E-state index in [9.17, 15) is 17.8 Å². The first-order chi connectivity index (χ1) is 9.22. The molecule has 0 aliphatic heterocycles. The predicted octanol–water partition coefficient (Wildman–Crippen LogP) is 1.82. The van der Waals surface area contributed by atoms with E-state index in [0.717, 1.165) is 12.1 Å². The number of nitrogens with one attached hydrogen (secondary N) is 1. The molecule has 7 heteroatoms. The molecule has 2 atom stereocenters. The fourth-order valence-electron chi connectivity index (χ4n) is 1.45. The van der Waals surface area contributed by atoms with E-state index in [1.54, 1.807) is 6.92 Å². The normalized spacial score (nSPS) is 14.1. The molecule has 1 aromatic rings. The second kappa shape index (κ2) is 6.78. The lowest BCUT2D eigenvalue weighted by Gasteiger charge is -2.17. The van der Waals surface area contributed by atoms with Gasteiger partial charge in [0, 0.05) is 11.7 Å². The Hall–Kier alpha value is -1.50. The van der Waals surface area contributed by atoms with Gasteiger partial charge in [-0.1, -0.05) is 13.8 Å². The van der Waals surface area contributed by atoms with Crippen molar-refractivity contribution in [1.82, 2.24) is 5.32 Å². The molecule has 1 aromatic carbocycles. The number of halogens is 2. The van der Waals surface area contributed by atoms with Crippen LogP contribution >= 0.6 is 0 Å². The Morgan fingerprint density at radius 3 is 2.25 bits per heavy atom. The second-order valence-electron chi connectivity index (χ2n) is 4.90. The third kappa shape index (κ3) is 4.26. The van der Waals surface area contributed by atoms with Gasteiger partial charge in [0.2, 0.25) is 5.91 Å². The fraction of sp³-hybridized carbons (Fsp3) is 0.462. The third-order valence-electron chi connectivity index (χ3n) is 2.90. The minimum Gasteiger partial charge on any atom is -0.399 e. The molecular formula is C13H18F2N2O2S. The van der Waals surface area contributed by atoms with Crippen molar-refractivity contribution in [3.63, 3.8) is 0 Å². The van der Waals surface area contributed by atoms with Crippen LogP contribution in [0.5, 0.6) is 0 Å². The number of benzene rings is 1. The molecule has 20 heavy (non-hydrogen) atoms. The molecule has 112 valence electrons. The first-order valence-electron chi connectivity index (χ1n) is 6.14. The number of hydrogen-bond donors (Lipinski definition) is 2. The number of anilines is 1. The SMILES string of the molecule is CC(C)C(C)NC(=O)CS(=O)c1c(F)cc(N)cc1F. The van der Waals surface area contributed by atoms with Crippen molar-refractivity contribution >= 4 is 22.4 Å². The molecule has 0 fully saturated rings. The van der Waals surface area contributed by atoms with Crippen molar-refractivity contribution in [1.29, 1.82) is 0 Å². The minimum absolute atomic E-state index is 0.0985. The van der Waals surface area contributed by atoms with Crippen LogP contribution in [-0.2, 0) is 15.6 Å². The number of nitrogens with two attached hydrogens (primary N) is 1. The highest BCUT2D eigenvalue weighted by atomic mass is 32.2. The first-order valence-corrected chi connectivity index (χ1v) is 7.46. The van der Waals surface area contributed by atoms with E-state index in [1.165, 1.54) is 0 Å². The van der Waals surface area contributed by atoms with Gasteiger partial charge in [-0.05, 0) is 25.0 Å². The topological polar surface area (TPSA) is 72.2 Å². The Morgan fingerprint density at radius 2 is 1.80 bits per heavy atom.